The molecule has 1 N–H and O–H groups in total. The summed E-state index contributed by atoms with van der Waals surface area (Å²) in [5, 5.41) is 3.29. The molecule has 0 spiro atoms. The first-order valence-corrected chi connectivity index (χ1v) is 8.84. The van der Waals surface area contributed by atoms with E-state index in [2.05, 4.69) is 29.3 Å². The number of carbonyl (C=O) groups is 1. The topological polar surface area (TPSA) is 35.6 Å². The maximum atomic E-state index is 12.3. The molecule has 1 unspecified atom stereocenters. The third-order valence-electron chi connectivity index (χ3n) is 4.54. The summed E-state index contributed by atoms with van der Waals surface area (Å²) in [6, 6.07) is 5.02. The predicted octanol–water partition coefficient (Wildman–Crippen LogP) is 2.02. The van der Waals surface area contributed by atoms with Crippen molar-refractivity contribution in [2.75, 3.05) is 39.3 Å². The molecule has 2 saturated heterocycles. The number of amides is 1. The Hall–Kier alpha value is -0.910. The summed E-state index contributed by atoms with van der Waals surface area (Å²) in [4.78, 5) is 19.6. The number of aryl methyl sites for hydroxylation is 1. The molecule has 116 valence electrons. The minimum absolute atomic E-state index is 0.324. The van der Waals surface area contributed by atoms with Crippen LogP contribution in [0.1, 0.15) is 35.1 Å². The van der Waals surface area contributed by atoms with Crippen molar-refractivity contribution < 1.29 is 4.79 Å². The lowest BCUT2D eigenvalue weighted by atomic mass is 10.2. The van der Waals surface area contributed by atoms with Crippen molar-refractivity contribution in [2.24, 2.45) is 0 Å². The Balaban J connectivity index is 1.53. The quantitative estimate of drug-likeness (QED) is 0.924. The zero-order chi connectivity index (χ0) is 14.7. The second kappa shape index (κ2) is 6.90. The van der Waals surface area contributed by atoms with Gasteiger partial charge in [0.15, 0.2) is 0 Å². The summed E-state index contributed by atoms with van der Waals surface area (Å²) in [6.45, 7) is 7.82. The largest absolute Gasteiger partial charge is 0.340 e. The van der Waals surface area contributed by atoms with Crippen molar-refractivity contribution in [1.29, 1.82) is 0 Å². The number of rotatable bonds is 4. The molecule has 3 rings (SSSR count). The lowest BCUT2D eigenvalue weighted by Gasteiger charge is -2.29. The maximum absolute atomic E-state index is 12.3. The summed E-state index contributed by atoms with van der Waals surface area (Å²) >= 11 is 1.91. The highest BCUT2D eigenvalue weighted by Crippen LogP contribution is 2.35. The SMILES string of the molecule is Cc1ccc(C2CCCN2CCC(=O)N2CCNCC2)s1. The molecule has 5 heteroatoms. The molecular formula is C16H25N3OS. The molecule has 0 aliphatic carbocycles. The molecule has 0 aromatic carbocycles. The second-order valence-corrected chi connectivity index (χ2v) is 7.34. The molecule has 3 heterocycles. The third kappa shape index (κ3) is 3.65. The standard InChI is InChI=1S/C16H25N3OS/c1-13-4-5-15(21-13)14-3-2-9-18(14)10-6-16(20)19-11-7-17-8-12-19/h4-5,14,17H,2-3,6-12H2,1H3. The van der Waals surface area contributed by atoms with Crippen molar-refractivity contribution in [1.82, 2.24) is 15.1 Å². The molecule has 1 amide bonds. The minimum Gasteiger partial charge on any atom is -0.340 e. The lowest BCUT2D eigenvalue weighted by Crippen LogP contribution is -2.47. The van der Waals surface area contributed by atoms with E-state index in [9.17, 15) is 4.79 Å². The number of nitrogens with zero attached hydrogens (tertiary/aromatic N) is 2. The van der Waals surface area contributed by atoms with Crippen LogP contribution in [0.3, 0.4) is 0 Å². The maximum Gasteiger partial charge on any atom is 0.223 e. The number of nitrogens with one attached hydrogen (secondary N) is 1. The van der Waals surface area contributed by atoms with E-state index >= 15 is 0 Å². The smallest absolute Gasteiger partial charge is 0.223 e. The molecule has 4 nitrogen and oxygen atoms in total. The van der Waals surface area contributed by atoms with Gasteiger partial charge in [-0.15, -0.1) is 11.3 Å². The Bertz CT molecular complexity index is 482. The molecule has 2 aliphatic heterocycles. The van der Waals surface area contributed by atoms with E-state index in [0.29, 0.717) is 18.4 Å². The van der Waals surface area contributed by atoms with Gasteiger partial charge in [-0.1, -0.05) is 0 Å². The Labute approximate surface area is 131 Å². The summed E-state index contributed by atoms with van der Waals surface area (Å²) in [7, 11) is 0. The minimum atomic E-state index is 0.324. The van der Waals surface area contributed by atoms with Crippen molar-refractivity contribution in [3.63, 3.8) is 0 Å². The summed E-state index contributed by atoms with van der Waals surface area (Å²) in [5.74, 6) is 0.324. The Morgan fingerprint density at radius 1 is 1.33 bits per heavy atom. The molecular weight excluding hydrogens is 282 g/mol. The van der Waals surface area contributed by atoms with Gasteiger partial charge in [-0.25, -0.2) is 0 Å². The molecule has 1 atom stereocenters. The zero-order valence-corrected chi connectivity index (χ0v) is 13.6. The van der Waals surface area contributed by atoms with Crippen LogP contribution in [0.2, 0.25) is 0 Å². The van der Waals surface area contributed by atoms with Gasteiger partial charge in [-0.3, -0.25) is 9.69 Å². The van der Waals surface area contributed by atoms with Crippen LogP contribution in [0.15, 0.2) is 12.1 Å². The van der Waals surface area contributed by atoms with Crippen LogP contribution in [-0.2, 0) is 4.79 Å². The van der Waals surface area contributed by atoms with E-state index in [1.54, 1.807) is 0 Å². The van der Waals surface area contributed by atoms with Crippen LogP contribution < -0.4 is 5.32 Å². The van der Waals surface area contributed by atoms with Crippen LogP contribution in [0.4, 0.5) is 0 Å². The van der Waals surface area contributed by atoms with Crippen LogP contribution in [0.5, 0.6) is 0 Å². The van der Waals surface area contributed by atoms with Crippen molar-refractivity contribution in [3.8, 4) is 0 Å². The average molecular weight is 307 g/mol. The predicted molar refractivity (Wildman–Crippen MR) is 86.7 cm³/mol. The highest BCUT2D eigenvalue weighted by atomic mass is 32.1. The fourth-order valence-electron chi connectivity index (χ4n) is 3.36. The molecule has 1 aromatic rings. The number of hydrogen-bond acceptors (Lipinski definition) is 4. The molecule has 0 bridgehead atoms. The average Bonchev–Trinajstić information content (AvgIpc) is 3.14. The van der Waals surface area contributed by atoms with E-state index in [1.807, 2.05) is 16.2 Å². The van der Waals surface area contributed by atoms with Crippen LogP contribution in [-0.4, -0.2) is 55.0 Å². The Morgan fingerprint density at radius 2 is 2.14 bits per heavy atom. The summed E-state index contributed by atoms with van der Waals surface area (Å²) in [5.41, 5.74) is 0. The van der Waals surface area contributed by atoms with Gasteiger partial charge in [0.25, 0.3) is 0 Å². The highest BCUT2D eigenvalue weighted by molar-refractivity contribution is 7.12. The Morgan fingerprint density at radius 3 is 2.86 bits per heavy atom. The fraction of sp³-hybridized carbons (Fsp3) is 0.688. The van der Waals surface area contributed by atoms with Gasteiger partial charge in [0.05, 0.1) is 0 Å². The summed E-state index contributed by atoms with van der Waals surface area (Å²) in [6.07, 6.45) is 3.16. The fourth-order valence-corrected chi connectivity index (χ4v) is 4.41. The first-order chi connectivity index (χ1) is 10.2. The van der Waals surface area contributed by atoms with Gasteiger partial charge in [0.1, 0.15) is 0 Å². The van der Waals surface area contributed by atoms with Crippen molar-refractivity contribution in [2.45, 2.75) is 32.2 Å². The molecule has 0 radical (unpaired) electrons. The number of piperazine rings is 1. The number of hydrogen-bond donors (Lipinski definition) is 1. The Kier molecular flexibility index (Phi) is 4.93. The van der Waals surface area contributed by atoms with E-state index in [0.717, 1.165) is 39.3 Å². The van der Waals surface area contributed by atoms with E-state index in [1.165, 1.54) is 22.6 Å². The highest BCUT2D eigenvalue weighted by Gasteiger charge is 2.27. The third-order valence-corrected chi connectivity index (χ3v) is 5.64. The van der Waals surface area contributed by atoms with E-state index in [-0.39, 0.29) is 0 Å². The first kappa shape index (κ1) is 15.0. The summed E-state index contributed by atoms with van der Waals surface area (Å²) < 4.78 is 0. The molecule has 2 aliphatic rings. The van der Waals surface area contributed by atoms with Gasteiger partial charge >= 0.3 is 0 Å². The van der Waals surface area contributed by atoms with Crippen LogP contribution >= 0.6 is 11.3 Å². The molecule has 1 aromatic heterocycles. The molecule has 21 heavy (non-hydrogen) atoms. The van der Waals surface area contributed by atoms with Crippen LogP contribution in [0.25, 0.3) is 0 Å². The monoisotopic (exact) mass is 307 g/mol. The van der Waals surface area contributed by atoms with Gasteiger partial charge in [-0.2, -0.15) is 0 Å². The van der Waals surface area contributed by atoms with Crippen molar-refractivity contribution >= 4 is 17.2 Å². The van der Waals surface area contributed by atoms with E-state index < -0.39 is 0 Å². The number of thiophene rings is 1. The molecule has 2 fully saturated rings. The van der Waals surface area contributed by atoms with Crippen LogP contribution in [0, 0.1) is 6.92 Å². The van der Waals surface area contributed by atoms with Gasteiger partial charge in [-0.05, 0) is 38.4 Å². The van der Waals surface area contributed by atoms with Gasteiger partial charge < -0.3 is 10.2 Å². The second-order valence-electron chi connectivity index (χ2n) is 6.02. The normalized spacial score (nSPS) is 23.7. The first-order valence-electron chi connectivity index (χ1n) is 8.03. The van der Waals surface area contributed by atoms with Crippen molar-refractivity contribution in [3.05, 3.63) is 21.9 Å². The number of likely N-dealkylation sites (tertiary alicyclic amines) is 1. The zero-order valence-electron chi connectivity index (χ0n) is 12.8. The van der Waals surface area contributed by atoms with E-state index in [4.69, 9.17) is 0 Å². The van der Waals surface area contributed by atoms with Gasteiger partial charge in [0.2, 0.25) is 5.91 Å². The molecule has 0 saturated carbocycles. The number of carbonyl (C=O) groups excluding carboxylic acids is 1. The lowest BCUT2D eigenvalue weighted by molar-refractivity contribution is -0.132. The van der Waals surface area contributed by atoms with Gasteiger partial charge in [0, 0.05) is 54.9 Å².